The predicted molar refractivity (Wildman–Crippen MR) is 139 cm³/mol. The van der Waals surface area contributed by atoms with Crippen LogP contribution in [0.3, 0.4) is 0 Å². The van der Waals surface area contributed by atoms with Crippen molar-refractivity contribution in [2.24, 2.45) is 0 Å². The lowest BCUT2D eigenvalue weighted by molar-refractivity contribution is 0.0621. The van der Waals surface area contributed by atoms with Gasteiger partial charge >= 0.3 is 0 Å². The average Bonchev–Trinajstić information content (AvgIpc) is 3.42. The number of methoxy groups -OCH3 is 3. The largest absolute Gasteiger partial charge is 0.493 e. The first-order valence-electron chi connectivity index (χ1n) is 12.0. The highest BCUT2D eigenvalue weighted by atomic mass is 16.5. The number of amides is 1. The van der Waals surface area contributed by atoms with Crippen LogP contribution in [0.15, 0.2) is 60.7 Å². The lowest BCUT2D eigenvalue weighted by Gasteiger charge is -2.34. The zero-order valence-electron chi connectivity index (χ0n) is 20.8. The van der Waals surface area contributed by atoms with Crippen LogP contribution < -0.4 is 14.2 Å². The Morgan fingerprint density at radius 1 is 0.889 bits per heavy atom. The summed E-state index contributed by atoms with van der Waals surface area (Å²) in [5.41, 5.74) is 3.31. The molecule has 5 rings (SSSR count). The molecule has 0 aliphatic carbocycles. The van der Waals surface area contributed by atoms with Crippen LogP contribution in [0.1, 0.15) is 16.1 Å². The summed E-state index contributed by atoms with van der Waals surface area (Å²) < 4.78 is 16.5. The first kappa shape index (κ1) is 23.7. The minimum Gasteiger partial charge on any atom is -0.493 e. The van der Waals surface area contributed by atoms with Gasteiger partial charge in [-0.05, 0) is 22.9 Å². The molecule has 0 unspecified atom stereocenters. The SMILES string of the molecule is COc1ccc(CN2CCN(C(=O)c3cc(-c4cccc5ccccc45)n[nH]3)CC2)c(OC)c1OC. The van der Waals surface area contributed by atoms with E-state index in [4.69, 9.17) is 14.2 Å². The van der Waals surface area contributed by atoms with Gasteiger partial charge in [0.1, 0.15) is 5.69 Å². The fraction of sp³-hybridized carbons (Fsp3) is 0.286. The zero-order chi connectivity index (χ0) is 25.1. The molecule has 2 heterocycles. The molecule has 0 radical (unpaired) electrons. The average molecular weight is 487 g/mol. The molecule has 0 atom stereocenters. The summed E-state index contributed by atoms with van der Waals surface area (Å²) in [4.78, 5) is 17.4. The first-order chi connectivity index (χ1) is 17.6. The second-order valence-corrected chi connectivity index (χ2v) is 8.76. The van der Waals surface area contributed by atoms with Crippen molar-refractivity contribution < 1.29 is 19.0 Å². The van der Waals surface area contributed by atoms with Crippen molar-refractivity contribution in [3.05, 3.63) is 71.9 Å². The second kappa shape index (κ2) is 10.3. The van der Waals surface area contributed by atoms with Gasteiger partial charge in [0.05, 0.1) is 27.0 Å². The number of piperazine rings is 1. The highest BCUT2D eigenvalue weighted by Crippen LogP contribution is 2.40. The van der Waals surface area contributed by atoms with E-state index >= 15 is 0 Å². The van der Waals surface area contributed by atoms with Gasteiger partial charge in [0.25, 0.3) is 5.91 Å². The van der Waals surface area contributed by atoms with Crippen LogP contribution >= 0.6 is 0 Å². The topological polar surface area (TPSA) is 79.9 Å². The number of rotatable bonds is 7. The third-order valence-electron chi connectivity index (χ3n) is 6.71. The number of hydrogen-bond donors (Lipinski definition) is 1. The molecule has 3 aromatic carbocycles. The summed E-state index contributed by atoms with van der Waals surface area (Å²) in [7, 11) is 4.85. The first-order valence-corrected chi connectivity index (χ1v) is 12.0. The standard InChI is InChI=1S/C28H30N4O4/c1-34-25-12-11-20(26(35-2)27(25)36-3)18-31-13-15-32(16-14-31)28(33)24-17-23(29-30-24)22-10-6-8-19-7-4-5-9-21(19)22/h4-12,17H,13-16,18H2,1-3H3,(H,29,30). The molecule has 1 saturated heterocycles. The van der Waals surface area contributed by atoms with Crippen LogP contribution in [-0.2, 0) is 6.54 Å². The van der Waals surface area contributed by atoms with Gasteiger partial charge in [-0.25, -0.2) is 0 Å². The van der Waals surface area contributed by atoms with Gasteiger partial charge in [-0.1, -0.05) is 48.5 Å². The number of H-pyrrole nitrogens is 1. The van der Waals surface area contributed by atoms with E-state index in [0.717, 1.165) is 40.7 Å². The van der Waals surface area contributed by atoms with Crippen LogP contribution in [0.2, 0.25) is 0 Å². The molecule has 0 saturated carbocycles. The highest BCUT2D eigenvalue weighted by molar-refractivity contribution is 5.98. The Morgan fingerprint density at radius 2 is 1.64 bits per heavy atom. The van der Waals surface area contributed by atoms with Gasteiger partial charge in [0.15, 0.2) is 11.5 Å². The van der Waals surface area contributed by atoms with E-state index in [0.29, 0.717) is 42.6 Å². The van der Waals surface area contributed by atoms with Crippen LogP contribution in [0.25, 0.3) is 22.0 Å². The van der Waals surface area contributed by atoms with Gasteiger partial charge in [0.2, 0.25) is 5.75 Å². The molecule has 1 aromatic heterocycles. The Kier molecular flexibility index (Phi) is 6.77. The molecule has 1 N–H and O–H groups in total. The van der Waals surface area contributed by atoms with Crippen LogP contribution in [-0.4, -0.2) is 73.4 Å². The minimum atomic E-state index is -0.0302. The minimum absolute atomic E-state index is 0.0302. The summed E-state index contributed by atoms with van der Waals surface area (Å²) in [5.74, 6) is 1.87. The van der Waals surface area contributed by atoms with E-state index in [9.17, 15) is 4.79 Å². The number of carbonyl (C=O) groups excluding carboxylic acids is 1. The number of hydrogen-bond acceptors (Lipinski definition) is 6. The van der Waals surface area contributed by atoms with Gasteiger partial charge in [-0.3, -0.25) is 14.8 Å². The quantitative estimate of drug-likeness (QED) is 0.422. The molecule has 1 aliphatic rings. The molecule has 1 aliphatic heterocycles. The van der Waals surface area contributed by atoms with Crippen LogP contribution in [0.5, 0.6) is 17.2 Å². The van der Waals surface area contributed by atoms with Crippen molar-refractivity contribution in [3.8, 4) is 28.5 Å². The van der Waals surface area contributed by atoms with Gasteiger partial charge in [-0.15, -0.1) is 0 Å². The lowest BCUT2D eigenvalue weighted by atomic mass is 10.0. The number of nitrogens with one attached hydrogen (secondary N) is 1. The third kappa shape index (κ3) is 4.47. The molecule has 186 valence electrons. The molecule has 0 bridgehead atoms. The number of benzene rings is 3. The normalized spacial score (nSPS) is 14.1. The highest BCUT2D eigenvalue weighted by Gasteiger charge is 2.25. The number of nitrogens with zero attached hydrogens (tertiary/aromatic N) is 3. The summed E-state index contributed by atoms with van der Waals surface area (Å²) in [6.45, 7) is 3.48. The van der Waals surface area contributed by atoms with Crippen molar-refractivity contribution in [1.82, 2.24) is 20.0 Å². The molecule has 0 spiro atoms. The van der Waals surface area contributed by atoms with Crippen molar-refractivity contribution in [1.29, 1.82) is 0 Å². The second-order valence-electron chi connectivity index (χ2n) is 8.76. The Hall–Kier alpha value is -4.04. The van der Waals surface area contributed by atoms with E-state index in [1.807, 2.05) is 47.4 Å². The van der Waals surface area contributed by atoms with E-state index < -0.39 is 0 Å². The Bertz CT molecular complexity index is 1370. The Morgan fingerprint density at radius 3 is 2.39 bits per heavy atom. The Balaban J connectivity index is 1.25. The van der Waals surface area contributed by atoms with Gasteiger partial charge in [-0.2, -0.15) is 5.10 Å². The smallest absolute Gasteiger partial charge is 0.271 e. The molecule has 36 heavy (non-hydrogen) atoms. The lowest BCUT2D eigenvalue weighted by Crippen LogP contribution is -2.48. The van der Waals surface area contributed by atoms with Crippen molar-refractivity contribution in [2.75, 3.05) is 47.5 Å². The predicted octanol–water partition coefficient (Wildman–Crippen LogP) is 4.21. The summed E-state index contributed by atoms with van der Waals surface area (Å²) >= 11 is 0. The monoisotopic (exact) mass is 486 g/mol. The van der Waals surface area contributed by atoms with E-state index in [1.54, 1.807) is 21.3 Å². The fourth-order valence-corrected chi connectivity index (χ4v) is 4.83. The fourth-order valence-electron chi connectivity index (χ4n) is 4.83. The van der Waals surface area contributed by atoms with E-state index in [1.165, 1.54) is 0 Å². The molecule has 8 nitrogen and oxygen atoms in total. The van der Waals surface area contributed by atoms with E-state index in [2.05, 4.69) is 33.3 Å². The number of fused-ring (bicyclic) bond motifs is 1. The summed E-state index contributed by atoms with van der Waals surface area (Å²) in [6, 6.07) is 20.1. The summed E-state index contributed by atoms with van der Waals surface area (Å²) in [6.07, 6.45) is 0. The zero-order valence-corrected chi connectivity index (χ0v) is 20.8. The van der Waals surface area contributed by atoms with Crippen molar-refractivity contribution in [3.63, 3.8) is 0 Å². The molecule has 8 heteroatoms. The molecule has 1 amide bonds. The van der Waals surface area contributed by atoms with Gasteiger partial charge < -0.3 is 19.1 Å². The molecule has 4 aromatic rings. The van der Waals surface area contributed by atoms with Crippen molar-refractivity contribution in [2.45, 2.75) is 6.54 Å². The maximum Gasteiger partial charge on any atom is 0.271 e. The number of carbonyl (C=O) groups is 1. The maximum atomic E-state index is 13.2. The number of aromatic amines is 1. The molecular weight excluding hydrogens is 456 g/mol. The Labute approximate surface area is 210 Å². The van der Waals surface area contributed by atoms with Crippen LogP contribution in [0.4, 0.5) is 0 Å². The number of ether oxygens (including phenoxy) is 3. The summed E-state index contributed by atoms with van der Waals surface area (Å²) in [5, 5.41) is 9.67. The molecule has 1 fully saturated rings. The third-order valence-corrected chi connectivity index (χ3v) is 6.71. The van der Waals surface area contributed by atoms with E-state index in [-0.39, 0.29) is 5.91 Å². The van der Waals surface area contributed by atoms with Crippen molar-refractivity contribution >= 4 is 16.7 Å². The van der Waals surface area contributed by atoms with Crippen LogP contribution in [0, 0.1) is 0 Å². The molecular formula is C28H30N4O4. The maximum absolute atomic E-state index is 13.2. The number of aromatic nitrogens is 2. The van der Waals surface area contributed by atoms with Gasteiger partial charge in [0, 0.05) is 43.9 Å².